The highest BCUT2D eigenvalue weighted by atomic mass is 35.5. The van der Waals surface area contributed by atoms with Gasteiger partial charge in [0, 0.05) is 39.8 Å². The molecule has 0 atom stereocenters. The third kappa shape index (κ3) is 4.68. The van der Waals surface area contributed by atoms with Crippen molar-refractivity contribution in [1.82, 2.24) is 4.98 Å². The van der Waals surface area contributed by atoms with Crippen LogP contribution in [0.2, 0.25) is 5.02 Å². The van der Waals surface area contributed by atoms with E-state index in [1.54, 1.807) is 40.7 Å². The minimum Gasteiger partial charge on any atom is -0.493 e. The van der Waals surface area contributed by atoms with Crippen LogP contribution in [0.1, 0.15) is 20.9 Å². The summed E-state index contributed by atoms with van der Waals surface area (Å²) in [6, 6.07) is 17.0. The Morgan fingerprint density at radius 3 is 2.24 bits per heavy atom. The molecule has 5 aromatic rings. The Morgan fingerprint density at radius 2 is 1.53 bits per heavy atom. The van der Waals surface area contributed by atoms with Crippen LogP contribution in [0.3, 0.4) is 0 Å². The third-order valence-electron chi connectivity index (χ3n) is 6.31. The van der Waals surface area contributed by atoms with Gasteiger partial charge in [-0.15, -0.1) is 11.3 Å². The van der Waals surface area contributed by atoms with Gasteiger partial charge in [0.05, 0.1) is 39.2 Å². The lowest BCUT2D eigenvalue weighted by Crippen LogP contribution is -2.13. The lowest BCUT2D eigenvalue weighted by Gasteiger charge is -2.17. The molecule has 7 nitrogen and oxygen atoms in total. The number of hydrogen-bond donors (Lipinski definition) is 1. The highest BCUT2D eigenvalue weighted by Crippen LogP contribution is 2.39. The van der Waals surface area contributed by atoms with Gasteiger partial charge in [-0.05, 0) is 41.3 Å². The number of thiophene rings is 1. The fourth-order valence-electron chi connectivity index (χ4n) is 4.40. The maximum atomic E-state index is 13.4. The summed E-state index contributed by atoms with van der Waals surface area (Å²) in [7, 11) is 6.33. The molecular formula is C29H25ClN2O5S. The second kappa shape index (κ2) is 10.8. The van der Waals surface area contributed by atoms with Gasteiger partial charge in [-0.2, -0.15) is 0 Å². The molecule has 9 heteroatoms. The molecule has 0 unspecified atom stereocenters. The van der Waals surface area contributed by atoms with Crippen molar-refractivity contribution in [2.75, 3.05) is 33.8 Å². The van der Waals surface area contributed by atoms with Crippen molar-refractivity contribution in [1.29, 1.82) is 0 Å². The summed E-state index contributed by atoms with van der Waals surface area (Å²) in [5, 5.41) is 6.19. The highest BCUT2D eigenvalue weighted by molar-refractivity contribution is 7.21. The third-order valence-corrected chi connectivity index (χ3v) is 7.98. The van der Waals surface area contributed by atoms with E-state index in [1.807, 2.05) is 48.5 Å². The molecule has 0 saturated heterocycles. The Kier molecular flexibility index (Phi) is 7.26. The van der Waals surface area contributed by atoms with Crippen molar-refractivity contribution < 1.29 is 23.7 Å². The molecule has 0 fully saturated rings. The predicted octanol–water partition coefficient (Wildman–Crippen LogP) is 6.98. The zero-order valence-electron chi connectivity index (χ0n) is 21.3. The summed E-state index contributed by atoms with van der Waals surface area (Å²) in [5.41, 5.74) is 2.16. The second-order valence-corrected chi connectivity index (χ2v) is 9.85. The van der Waals surface area contributed by atoms with Crippen LogP contribution in [0.25, 0.3) is 20.9 Å². The number of rotatable bonds is 8. The molecule has 0 aliphatic rings. The Morgan fingerprint density at radius 1 is 0.868 bits per heavy atom. The number of nitrogens with one attached hydrogen (secondary N) is 1. The molecule has 1 N–H and O–H groups in total. The molecule has 2 heterocycles. The van der Waals surface area contributed by atoms with E-state index in [2.05, 4.69) is 10.3 Å². The molecular weight excluding hydrogens is 524 g/mol. The lowest BCUT2D eigenvalue weighted by molar-refractivity contribution is 0.103. The smallest absolute Gasteiger partial charge is 0.267 e. The molecule has 5 rings (SSSR count). The molecule has 38 heavy (non-hydrogen) atoms. The van der Waals surface area contributed by atoms with E-state index >= 15 is 0 Å². The summed E-state index contributed by atoms with van der Waals surface area (Å²) in [6.07, 6.45) is 2.16. The van der Waals surface area contributed by atoms with Crippen LogP contribution < -0.4 is 24.3 Å². The van der Waals surface area contributed by atoms with Gasteiger partial charge in [0.25, 0.3) is 5.91 Å². The Hall–Kier alpha value is -4.01. The standard InChI is InChI=1S/C29H25ClN2O5S/c1-34-22-12-16-9-10-31-21(19(16)14-24(22)36-3)11-17-13-23(35-2)25(37-4)15-20(17)32-29(33)28-27(30)18-7-5-6-8-26(18)38-28/h5-10,12-15H,11H2,1-4H3,(H,32,33). The minimum atomic E-state index is -0.304. The number of hydrogen-bond acceptors (Lipinski definition) is 7. The van der Waals surface area contributed by atoms with E-state index in [-0.39, 0.29) is 5.91 Å². The van der Waals surface area contributed by atoms with Crippen LogP contribution in [0.4, 0.5) is 5.69 Å². The first-order chi connectivity index (χ1) is 18.5. The maximum absolute atomic E-state index is 13.4. The number of carbonyl (C=O) groups excluding carboxylic acids is 1. The monoisotopic (exact) mass is 548 g/mol. The maximum Gasteiger partial charge on any atom is 0.267 e. The van der Waals surface area contributed by atoms with Gasteiger partial charge < -0.3 is 24.3 Å². The molecule has 0 radical (unpaired) electrons. The topological polar surface area (TPSA) is 78.9 Å². The minimum absolute atomic E-state index is 0.304. The summed E-state index contributed by atoms with van der Waals surface area (Å²) >= 11 is 7.94. The number of methoxy groups -OCH3 is 4. The molecule has 194 valence electrons. The number of anilines is 1. The molecule has 3 aromatic carbocycles. The van der Waals surface area contributed by atoms with Crippen LogP contribution in [0.5, 0.6) is 23.0 Å². The van der Waals surface area contributed by atoms with Crippen molar-refractivity contribution in [2.24, 2.45) is 0 Å². The first kappa shape index (κ1) is 25.6. The molecule has 0 spiro atoms. The van der Waals surface area contributed by atoms with Crippen molar-refractivity contribution >= 4 is 55.4 Å². The van der Waals surface area contributed by atoms with E-state index in [9.17, 15) is 4.79 Å². The van der Waals surface area contributed by atoms with Crippen LogP contribution in [-0.4, -0.2) is 39.3 Å². The summed E-state index contributed by atoms with van der Waals surface area (Å²) < 4.78 is 23.0. The normalized spacial score (nSPS) is 11.0. The van der Waals surface area contributed by atoms with Crippen LogP contribution in [0, 0.1) is 0 Å². The van der Waals surface area contributed by atoms with E-state index in [1.165, 1.54) is 11.3 Å². The Labute approximate surface area is 228 Å². The van der Waals surface area contributed by atoms with Gasteiger partial charge in [-0.25, -0.2) is 0 Å². The van der Waals surface area contributed by atoms with Crippen molar-refractivity contribution in [3.05, 3.63) is 82.0 Å². The quantitative estimate of drug-likeness (QED) is 0.225. The summed E-state index contributed by atoms with van der Waals surface area (Å²) in [5.74, 6) is 1.97. The number of carbonyl (C=O) groups is 1. The van der Waals surface area contributed by atoms with Crippen LogP contribution >= 0.6 is 22.9 Å². The number of aromatic nitrogens is 1. The van der Waals surface area contributed by atoms with Crippen LogP contribution in [0.15, 0.2) is 60.8 Å². The average Bonchev–Trinajstić information content (AvgIpc) is 3.29. The van der Waals surface area contributed by atoms with E-state index in [0.29, 0.717) is 45.0 Å². The Balaban J connectivity index is 1.58. The zero-order valence-corrected chi connectivity index (χ0v) is 22.8. The number of ether oxygens (including phenoxy) is 4. The van der Waals surface area contributed by atoms with Gasteiger partial charge >= 0.3 is 0 Å². The van der Waals surface area contributed by atoms with Gasteiger partial charge in [-0.1, -0.05) is 29.8 Å². The van der Waals surface area contributed by atoms with Gasteiger partial charge in [0.2, 0.25) is 0 Å². The van der Waals surface area contributed by atoms with E-state index in [0.717, 1.165) is 32.1 Å². The zero-order chi connectivity index (χ0) is 26.8. The second-order valence-electron chi connectivity index (χ2n) is 8.42. The first-order valence-electron chi connectivity index (χ1n) is 11.7. The van der Waals surface area contributed by atoms with Crippen molar-refractivity contribution in [3.63, 3.8) is 0 Å². The largest absolute Gasteiger partial charge is 0.493 e. The molecule has 0 aliphatic heterocycles. The number of amides is 1. The fraction of sp³-hybridized carbons (Fsp3) is 0.172. The number of nitrogens with zero attached hydrogens (tertiary/aromatic N) is 1. The number of fused-ring (bicyclic) bond motifs is 2. The SMILES string of the molecule is COc1cc(Cc2nccc3cc(OC)c(OC)cc23)c(NC(=O)c2sc3ccccc3c2Cl)cc1OC. The molecule has 1 amide bonds. The first-order valence-corrected chi connectivity index (χ1v) is 12.9. The van der Waals surface area contributed by atoms with Crippen molar-refractivity contribution in [3.8, 4) is 23.0 Å². The fourth-order valence-corrected chi connectivity index (χ4v) is 5.82. The van der Waals surface area contributed by atoms with Crippen LogP contribution in [-0.2, 0) is 6.42 Å². The number of benzene rings is 3. The average molecular weight is 549 g/mol. The predicted molar refractivity (Wildman–Crippen MR) is 152 cm³/mol. The van der Waals surface area contributed by atoms with Gasteiger partial charge in [-0.3, -0.25) is 9.78 Å². The summed E-state index contributed by atoms with van der Waals surface area (Å²) in [6.45, 7) is 0. The molecule has 0 aliphatic carbocycles. The Bertz CT molecular complexity index is 1670. The lowest BCUT2D eigenvalue weighted by atomic mass is 10.0. The number of halogens is 1. The van der Waals surface area contributed by atoms with Gasteiger partial charge in [0.1, 0.15) is 4.88 Å². The van der Waals surface area contributed by atoms with E-state index < -0.39 is 0 Å². The molecule has 0 bridgehead atoms. The molecule has 0 saturated carbocycles. The summed E-state index contributed by atoms with van der Waals surface area (Å²) in [4.78, 5) is 18.5. The van der Waals surface area contributed by atoms with E-state index in [4.69, 9.17) is 30.5 Å². The number of pyridine rings is 1. The van der Waals surface area contributed by atoms with Crippen molar-refractivity contribution in [2.45, 2.75) is 6.42 Å². The molecule has 2 aromatic heterocycles. The highest BCUT2D eigenvalue weighted by Gasteiger charge is 2.21. The van der Waals surface area contributed by atoms with Gasteiger partial charge in [0.15, 0.2) is 23.0 Å².